The van der Waals surface area contributed by atoms with Crippen molar-refractivity contribution in [3.05, 3.63) is 23.2 Å². The van der Waals surface area contributed by atoms with Crippen molar-refractivity contribution >= 4 is 28.9 Å². The lowest BCUT2D eigenvalue weighted by Gasteiger charge is -1.95. The molecule has 2 N–H and O–H groups in total. The highest BCUT2D eigenvalue weighted by Gasteiger charge is 2.02. The zero-order chi connectivity index (χ0) is 9.97. The van der Waals surface area contributed by atoms with Crippen LogP contribution >= 0.6 is 23.1 Å². The fourth-order valence-corrected chi connectivity index (χ4v) is 2.55. The van der Waals surface area contributed by atoms with E-state index in [0.29, 0.717) is 5.82 Å². The highest BCUT2D eigenvalue weighted by molar-refractivity contribution is 8.00. The smallest absolute Gasteiger partial charge is 0.156 e. The molecule has 0 aliphatic carbocycles. The predicted molar refractivity (Wildman–Crippen MR) is 57.4 cm³/mol. The van der Waals surface area contributed by atoms with Crippen LogP contribution in [-0.4, -0.2) is 15.2 Å². The van der Waals surface area contributed by atoms with Crippen molar-refractivity contribution in [2.75, 3.05) is 5.73 Å². The van der Waals surface area contributed by atoms with Gasteiger partial charge in [-0.25, -0.2) is 4.98 Å². The summed E-state index contributed by atoms with van der Waals surface area (Å²) in [5.74, 6) is 0.435. The first-order valence-corrected chi connectivity index (χ1v) is 5.63. The lowest BCUT2D eigenvalue weighted by atomic mass is 10.5. The minimum Gasteiger partial charge on any atom is -0.382 e. The van der Waals surface area contributed by atoms with Crippen LogP contribution in [0.3, 0.4) is 0 Å². The minimum absolute atomic E-state index is 0.435. The number of hydrogen-bond acceptors (Lipinski definition) is 6. The lowest BCUT2D eigenvalue weighted by Crippen LogP contribution is -1.92. The summed E-state index contributed by atoms with van der Waals surface area (Å²) in [5.41, 5.74) is 6.46. The normalized spacial score (nSPS) is 10.4. The Hall–Kier alpha value is -1.14. The molecule has 0 bridgehead atoms. The maximum atomic E-state index is 5.43. The van der Waals surface area contributed by atoms with Crippen molar-refractivity contribution in [2.45, 2.75) is 16.3 Å². The van der Waals surface area contributed by atoms with E-state index in [1.54, 1.807) is 17.4 Å². The number of aryl methyl sites for hydroxylation is 1. The fraction of sp³-hybridized carbons (Fsp3) is 0.125. The van der Waals surface area contributed by atoms with E-state index >= 15 is 0 Å². The summed E-state index contributed by atoms with van der Waals surface area (Å²) >= 11 is 3.10. The molecule has 6 heteroatoms. The number of thiazole rings is 1. The van der Waals surface area contributed by atoms with Crippen LogP contribution < -0.4 is 5.73 Å². The maximum Gasteiger partial charge on any atom is 0.156 e. The molecule has 0 saturated heterocycles. The fourth-order valence-electron chi connectivity index (χ4n) is 0.853. The Morgan fingerprint density at radius 3 is 2.79 bits per heavy atom. The molecule has 72 valence electrons. The van der Waals surface area contributed by atoms with Crippen LogP contribution in [0, 0.1) is 6.92 Å². The molecule has 0 atom stereocenters. The third kappa shape index (κ3) is 2.21. The molecule has 4 nitrogen and oxygen atoms in total. The molecule has 0 fully saturated rings. The lowest BCUT2D eigenvalue weighted by molar-refractivity contribution is 0.937. The zero-order valence-corrected chi connectivity index (χ0v) is 9.10. The molecule has 2 rings (SSSR count). The highest BCUT2D eigenvalue weighted by Crippen LogP contribution is 2.28. The summed E-state index contributed by atoms with van der Waals surface area (Å²) in [6.45, 7) is 1.97. The largest absolute Gasteiger partial charge is 0.382 e. The molecule has 0 aliphatic rings. The van der Waals surface area contributed by atoms with E-state index in [-0.39, 0.29) is 0 Å². The standard InChI is InChI=1S/C8H8N4S2/c1-5-4-13-8(10-5)14-7-3-2-6(9)11-12-7/h2-4H,1H3,(H2,9,11). The quantitative estimate of drug-likeness (QED) is 0.845. The average molecular weight is 224 g/mol. The van der Waals surface area contributed by atoms with Gasteiger partial charge in [0.2, 0.25) is 0 Å². The van der Waals surface area contributed by atoms with E-state index in [4.69, 9.17) is 5.73 Å². The predicted octanol–water partition coefficient (Wildman–Crippen LogP) is 1.97. The van der Waals surface area contributed by atoms with Crippen molar-refractivity contribution in [1.29, 1.82) is 0 Å². The van der Waals surface area contributed by atoms with Crippen LogP contribution in [0.15, 0.2) is 26.9 Å². The Labute approximate surface area is 89.6 Å². The van der Waals surface area contributed by atoms with Gasteiger partial charge in [-0.1, -0.05) is 0 Å². The molecule has 2 aromatic rings. The molecule has 0 spiro atoms. The first-order chi connectivity index (χ1) is 6.74. The van der Waals surface area contributed by atoms with Gasteiger partial charge in [-0.3, -0.25) is 0 Å². The first-order valence-electron chi connectivity index (χ1n) is 3.93. The second kappa shape index (κ2) is 3.93. The third-order valence-corrected chi connectivity index (χ3v) is 3.43. The summed E-state index contributed by atoms with van der Waals surface area (Å²) in [4.78, 5) is 4.31. The molecule has 0 radical (unpaired) electrons. The van der Waals surface area contributed by atoms with Crippen LogP contribution in [0.2, 0.25) is 0 Å². The molecular formula is C8H8N4S2. The number of hydrogen-bond donors (Lipinski definition) is 1. The van der Waals surface area contributed by atoms with Gasteiger partial charge in [0.25, 0.3) is 0 Å². The van der Waals surface area contributed by atoms with Gasteiger partial charge >= 0.3 is 0 Å². The monoisotopic (exact) mass is 224 g/mol. The van der Waals surface area contributed by atoms with Gasteiger partial charge in [0.1, 0.15) is 10.8 Å². The number of nitrogen functional groups attached to an aromatic ring is 1. The van der Waals surface area contributed by atoms with Crippen molar-refractivity contribution in [1.82, 2.24) is 15.2 Å². The third-order valence-electron chi connectivity index (χ3n) is 1.45. The number of rotatable bonds is 2. The maximum absolute atomic E-state index is 5.43. The molecule has 14 heavy (non-hydrogen) atoms. The Balaban J connectivity index is 2.15. The van der Waals surface area contributed by atoms with Gasteiger partial charge in [-0.05, 0) is 30.8 Å². The van der Waals surface area contributed by atoms with E-state index in [0.717, 1.165) is 15.1 Å². The van der Waals surface area contributed by atoms with Crippen LogP contribution in [0.4, 0.5) is 5.82 Å². The summed E-state index contributed by atoms with van der Waals surface area (Å²) in [6.07, 6.45) is 0. The van der Waals surface area contributed by atoms with Crippen molar-refractivity contribution in [3.63, 3.8) is 0 Å². The molecule has 2 heterocycles. The Bertz CT molecular complexity index is 423. The number of aromatic nitrogens is 3. The molecule has 0 amide bonds. The van der Waals surface area contributed by atoms with Crippen molar-refractivity contribution in [3.8, 4) is 0 Å². The summed E-state index contributed by atoms with van der Waals surface area (Å²) in [7, 11) is 0. The van der Waals surface area contributed by atoms with Gasteiger partial charge in [-0.2, -0.15) is 0 Å². The zero-order valence-electron chi connectivity index (χ0n) is 7.47. The van der Waals surface area contributed by atoms with Crippen LogP contribution in [0.5, 0.6) is 0 Å². The van der Waals surface area contributed by atoms with E-state index in [1.807, 2.05) is 18.4 Å². The van der Waals surface area contributed by atoms with Crippen molar-refractivity contribution in [2.24, 2.45) is 0 Å². The van der Waals surface area contributed by atoms with Crippen LogP contribution in [-0.2, 0) is 0 Å². The summed E-state index contributed by atoms with van der Waals surface area (Å²) in [5, 5.41) is 10.5. The Morgan fingerprint density at radius 2 is 2.21 bits per heavy atom. The van der Waals surface area contributed by atoms with Crippen LogP contribution in [0.1, 0.15) is 5.69 Å². The van der Waals surface area contributed by atoms with Crippen LogP contribution in [0.25, 0.3) is 0 Å². The molecule has 0 aromatic carbocycles. The minimum atomic E-state index is 0.435. The van der Waals surface area contributed by atoms with E-state index in [1.165, 1.54) is 11.8 Å². The number of nitrogens with two attached hydrogens (primary N) is 1. The van der Waals surface area contributed by atoms with E-state index in [9.17, 15) is 0 Å². The Morgan fingerprint density at radius 1 is 1.36 bits per heavy atom. The molecule has 0 saturated carbocycles. The second-order valence-corrected chi connectivity index (χ2v) is 4.78. The van der Waals surface area contributed by atoms with Gasteiger partial charge < -0.3 is 5.73 Å². The SMILES string of the molecule is Cc1csc(Sc2ccc(N)nn2)n1. The summed E-state index contributed by atoms with van der Waals surface area (Å²) in [6, 6.07) is 3.57. The van der Waals surface area contributed by atoms with Gasteiger partial charge in [0.05, 0.1) is 0 Å². The molecular weight excluding hydrogens is 216 g/mol. The molecule has 2 aromatic heterocycles. The molecule has 0 aliphatic heterocycles. The van der Waals surface area contributed by atoms with Gasteiger partial charge in [0, 0.05) is 11.1 Å². The van der Waals surface area contributed by atoms with E-state index in [2.05, 4.69) is 15.2 Å². The second-order valence-electron chi connectivity index (χ2n) is 2.65. The van der Waals surface area contributed by atoms with Crippen molar-refractivity contribution < 1.29 is 0 Å². The highest BCUT2D eigenvalue weighted by atomic mass is 32.2. The van der Waals surface area contributed by atoms with Gasteiger partial charge in [0.15, 0.2) is 4.34 Å². The summed E-state index contributed by atoms with van der Waals surface area (Å²) < 4.78 is 0.974. The Kier molecular flexibility index (Phi) is 2.64. The molecule has 0 unspecified atom stereocenters. The average Bonchev–Trinajstić information content (AvgIpc) is 2.56. The number of nitrogens with zero attached hydrogens (tertiary/aromatic N) is 3. The first kappa shape index (κ1) is 9.42. The topological polar surface area (TPSA) is 64.7 Å². The van der Waals surface area contributed by atoms with Gasteiger partial charge in [-0.15, -0.1) is 21.5 Å². The number of anilines is 1. The van der Waals surface area contributed by atoms with E-state index < -0.39 is 0 Å².